The molecule has 16 heavy (non-hydrogen) atoms. The van der Waals surface area contributed by atoms with Crippen LogP contribution in [0.25, 0.3) is 0 Å². The monoisotopic (exact) mass is 253 g/mol. The van der Waals surface area contributed by atoms with Crippen molar-refractivity contribution in [2.24, 2.45) is 0 Å². The van der Waals surface area contributed by atoms with E-state index in [4.69, 9.17) is 33.7 Å². The van der Waals surface area contributed by atoms with Crippen molar-refractivity contribution in [3.05, 3.63) is 52.5 Å². The molecule has 4 heteroatoms. The molecule has 0 saturated heterocycles. The summed E-state index contributed by atoms with van der Waals surface area (Å²) in [5.41, 5.74) is 6.05. The van der Waals surface area contributed by atoms with Crippen molar-refractivity contribution in [2.75, 3.05) is 5.73 Å². The minimum absolute atomic E-state index is 0.315. The number of hydrogen-bond donors (Lipinski definition) is 1. The average molecular weight is 254 g/mol. The summed E-state index contributed by atoms with van der Waals surface area (Å²) < 4.78 is 5.57. The fourth-order valence-corrected chi connectivity index (χ4v) is 1.61. The molecule has 0 aliphatic carbocycles. The highest BCUT2D eigenvalue weighted by molar-refractivity contribution is 6.44. The summed E-state index contributed by atoms with van der Waals surface area (Å²) in [4.78, 5) is 0. The van der Waals surface area contributed by atoms with Crippen LogP contribution in [0.2, 0.25) is 10.0 Å². The maximum absolute atomic E-state index is 6.01. The molecule has 0 spiro atoms. The van der Waals surface area contributed by atoms with Crippen LogP contribution in [0.1, 0.15) is 0 Å². The Bertz CT molecular complexity index is 500. The first kappa shape index (κ1) is 11.1. The Morgan fingerprint density at radius 1 is 0.875 bits per heavy atom. The normalized spacial score (nSPS) is 10.1. The van der Waals surface area contributed by atoms with Crippen LogP contribution in [0.4, 0.5) is 5.69 Å². The van der Waals surface area contributed by atoms with E-state index in [0.29, 0.717) is 27.2 Å². The van der Waals surface area contributed by atoms with Gasteiger partial charge in [0.15, 0.2) is 0 Å². The third-order valence-corrected chi connectivity index (χ3v) is 2.93. The van der Waals surface area contributed by atoms with E-state index in [0.717, 1.165) is 0 Å². The van der Waals surface area contributed by atoms with E-state index in [-0.39, 0.29) is 0 Å². The molecule has 2 nitrogen and oxygen atoms in total. The van der Waals surface area contributed by atoms with Gasteiger partial charge in [-0.2, -0.15) is 0 Å². The SMILES string of the molecule is Nc1ccc(Oc2ccccc2)c(Cl)c1Cl. The number of anilines is 1. The molecular weight excluding hydrogens is 245 g/mol. The molecule has 0 bridgehead atoms. The zero-order chi connectivity index (χ0) is 11.5. The van der Waals surface area contributed by atoms with Gasteiger partial charge < -0.3 is 10.5 Å². The Balaban J connectivity index is 2.33. The zero-order valence-electron chi connectivity index (χ0n) is 8.28. The smallest absolute Gasteiger partial charge is 0.147 e. The fraction of sp³-hybridized carbons (Fsp3) is 0. The van der Waals surface area contributed by atoms with Crippen molar-refractivity contribution in [3.8, 4) is 11.5 Å². The summed E-state index contributed by atoms with van der Waals surface area (Å²) in [5.74, 6) is 1.19. The number of para-hydroxylation sites is 1. The van der Waals surface area contributed by atoms with Crippen molar-refractivity contribution in [3.63, 3.8) is 0 Å². The van der Waals surface area contributed by atoms with E-state index >= 15 is 0 Å². The minimum atomic E-state index is 0.315. The van der Waals surface area contributed by atoms with Crippen molar-refractivity contribution in [1.82, 2.24) is 0 Å². The number of nitrogen functional groups attached to an aromatic ring is 1. The first-order valence-corrected chi connectivity index (χ1v) is 5.40. The molecule has 0 atom stereocenters. The Morgan fingerprint density at radius 2 is 1.56 bits per heavy atom. The van der Waals surface area contributed by atoms with Gasteiger partial charge in [-0.05, 0) is 24.3 Å². The molecule has 0 unspecified atom stereocenters. The second-order valence-electron chi connectivity index (χ2n) is 3.20. The molecule has 0 aliphatic heterocycles. The van der Waals surface area contributed by atoms with Gasteiger partial charge in [-0.15, -0.1) is 0 Å². The second-order valence-corrected chi connectivity index (χ2v) is 3.95. The van der Waals surface area contributed by atoms with Gasteiger partial charge in [0, 0.05) is 0 Å². The highest BCUT2D eigenvalue weighted by atomic mass is 35.5. The standard InChI is InChI=1S/C12H9Cl2NO/c13-11-9(15)6-7-10(12(11)14)16-8-4-2-1-3-5-8/h1-7H,15H2. The Morgan fingerprint density at radius 3 is 2.25 bits per heavy atom. The molecule has 0 radical (unpaired) electrons. The molecule has 0 fully saturated rings. The molecule has 0 saturated carbocycles. The lowest BCUT2D eigenvalue weighted by atomic mass is 10.3. The van der Waals surface area contributed by atoms with E-state index in [1.807, 2.05) is 30.3 Å². The summed E-state index contributed by atoms with van der Waals surface area (Å²) in [6, 6.07) is 12.7. The van der Waals surface area contributed by atoms with Gasteiger partial charge in [0.2, 0.25) is 0 Å². The van der Waals surface area contributed by atoms with E-state index in [1.165, 1.54) is 0 Å². The lowest BCUT2D eigenvalue weighted by Gasteiger charge is -2.09. The largest absolute Gasteiger partial charge is 0.456 e. The van der Waals surface area contributed by atoms with Crippen LogP contribution in [-0.2, 0) is 0 Å². The van der Waals surface area contributed by atoms with Gasteiger partial charge in [-0.25, -0.2) is 0 Å². The van der Waals surface area contributed by atoms with Gasteiger partial charge in [-0.3, -0.25) is 0 Å². The van der Waals surface area contributed by atoms with Gasteiger partial charge in [0.1, 0.15) is 16.5 Å². The molecule has 0 amide bonds. The first-order chi connectivity index (χ1) is 7.68. The number of ether oxygens (including phenoxy) is 1. The second kappa shape index (κ2) is 4.64. The zero-order valence-corrected chi connectivity index (χ0v) is 9.79. The molecule has 0 heterocycles. The van der Waals surface area contributed by atoms with Gasteiger partial charge >= 0.3 is 0 Å². The highest BCUT2D eigenvalue weighted by Crippen LogP contribution is 2.37. The first-order valence-electron chi connectivity index (χ1n) is 4.65. The summed E-state index contributed by atoms with van der Waals surface area (Å²) in [6.45, 7) is 0. The van der Waals surface area contributed by atoms with Crippen LogP contribution in [0.15, 0.2) is 42.5 Å². The Labute approximate surface area is 104 Å². The van der Waals surface area contributed by atoms with Crippen LogP contribution in [-0.4, -0.2) is 0 Å². The quantitative estimate of drug-likeness (QED) is 0.807. The van der Waals surface area contributed by atoms with Crippen molar-refractivity contribution >= 4 is 28.9 Å². The van der Waals surface area contributed by atoms with Crippen molar-refractivity contribution < 1.29 is 4.74 Å². The summed E-state index contributed by atoms with van der Waals surface area (Å²) >= 11 is 11.9. The van der Waals surface area contributed by atoms with Crippen molar-refractivity contribution in [1.29, 1.82) is 0 Å². The lowest BCUT2D eigenvalue weighted by molar-refractivity contribution is 0.483. The molecule has 0 aromatic heterocycles. The van der Waals surface area contributed by atoms with E-state index < -0.39 is 0 Å². The molecule has 2 rings (SSSR count). The summed E-state index contributed by atoms with van der Waals surface area (Å²) in [5, 5.41) is 0.639. The van der Waals surface area contributed by atoms with Crippen LogP contribution in [0, 0.1) is 0 Å². The predicted octanol–water partition coefficient (Wildman–Crippen LogP) is 4.37. The van der Waals surface area contributed by atoms with E-state index in [1.54, 1.807) is 12.1 Å². The summed E-state index contributed by atoms with van der Waals surface area (Å²) in [7, 11) is 0. The lowest BCUT2D eigenvalue weighted by Crippen LogP contribution is -1.90. The van der Waals surface area contributed by atoms with Gasteiger partial charge in [-0.1, -0.05) is 41.4 Å². The van der Waals surface area contributed by atoms with E-state index in [2.05, 4.69) is 0 Å². The van der Waals surface area contributed by atoms with Crippen LogP contribution in [0.3, 0.4) is 0 Å². The molecule has 82 valence electrons. The molecule has 2 aromatic carbocycles. The summed E-state index contributed by atoms with van der Waals surface area (Å²) in [6.07, 6.45) is 0. The molecular formula is C12H9Cl2NO. The van der Waals surface area contributed by atoms with E-state index in [9.17, 15) is 0 Å². The number of rotatable bonds is 2. The topological polar surface area (TPSA) is 35.2 Å². The maximum atomic E-state index is 6.01. The number of halogens is 2. The maximum Gasteiger partial charge on any atom is 0.147 e. The highest BCUT2D eigenvalue weighted by Gasteiger charge is 2.09. The third kappa shape index (κ3) is 2.23. The number of nitrogens with two attached hydrogens (primary N) is 1. The molecule has 0 aliphatic rings. The van der Waals surface area contributed by atoms with Crippen LogP contribution in [0.5, 0.6) is 11.5 Å². The Kier molecular flexibility index (Phi) is 3.22. The van der Waals surface area contributed by atoms with Crippen LogP contribution < -0.4 is 10.5 Å². The van der Waals surface area contributed by atoms with Gasteiger partial charge in [0.25, 0.3) is 0 Å². The van der Waals surface area contributed by atoms with Gasteiger partial charge in [0.05, 0.1) is 10.7 Å². The molecule has 2 N–H and O–H groups in total. The predicted molar refractivity (Wildman–Crippen MR) is 67.4 cm³/mol. The van der Waals surface area contributed by atoms with Crippen molar-refractivity contribution in [2.45, 2.75) is 0 Å². The minimum Gasteiger partial charge on any atom is -0.456 e. The number of benzene rings is 2. The third-order valence-electron chi connectivity index (χ3n) is 2.05. The Hall–Kier alpha value is -1.38. The average Bonchev–Trinajstić information content (AvgIpc) is 2.31. The fourth-order valence-electron chi connectivity index (χ4n) is 1.24. The van der Waals surface area contributed by atoms with Crippen LogP contribution >= 0.6 is 23.2 Å². The number of hydrogen-bond acceptors (Lipinski definition) is 2. The molecule has 2 aromatic rings.